The summed E-state index contributed by atoms with van der Waals surface area (Å²) in [5.41, 5.74) is 11.1. The van der Waals surface area contributed by atoms with Crippen molar-refractivity contribution in [3.8, 4) is 16.9 Å². The number of nitrogens with zero attached hydrogens (tertiary/aromatic N) is 3. The molecule has 4 nitrogen and oxygen atoms in total. The van der Waals surface area contributed by atoms with Crippen LogP contribution >= 0.6 is 0 Å². The molecule has 0 saturated carbocycles. The van der Waals surface area contributed by atoms with Crippen molar-refractivity contribution in [2.45, 2.75) is 53.5 Å². The highest BCUT2D eigenvalue weighted by Crippen LogP contribution is 2.47. The van der Waals surface area contributed by atoms with Crippen molar-refractivity contribution < 1.29 is 9.13 Å². The molecular formula is C28H36FN3O. The molecule has 2 aromatic carbocycles. The third-order valence-corrected chi connectivity index (χ3v) is 7.69. The molecule has 0 radical (unpaired) electrons. The van der Waals surface area contributed by atoms with E-state index in [-0.39, 0.29) is 5.82 Å². The number of aromatic nitrogens is 1. The average Bonchev–Trinajstić information content (AvgIpc) is 3.13. The van der Waals surface area contributed by atoms with Gasteiger partial charge in [0.05, 0.1) is 17.8 Å². The number of fused-ring (bicyclic) bond motifs is 1. The van der Waals surface area contributed by atoms with Crippen molar-refractivity contribution >= 4 is 16.6 Å². The van der Waals surface area contributed by atoms with Gasteiger partial charge in [-0.25, -0.2) is 4.39 Å². The number of anilines is 1. The normalized spacial score (nSPS) is 15.3. The highest BCUT2D eigenvalue weighted by Gasteiger charge is 2.29. The molecule has 0 atom stereocenters. The molecule has 1 aromatic heterocycles. The second-order valence-electron chi connectivity index (χ2n) is 9.96. The SMILES string of the molecule is CCc1c(C)c2c3c(cc(C)n3CCN2CCN(C)C)c1-c1cc(F)c2c(c1C)CCCO2. The lowest BCUT2D eigenvalue weighted by molar-refractivity contribution is 0.273. The highest BCUT2D eigenvalue weighted by molar-refractivity contribution is 6.07. The van der Waals surface area contributed by atoms with Crippen LogP contribution in [0, 0.1) is 26.6 Å². The molecule has 0 fully saturated rings. The van der Waals surface area contributed by atoms with Gasteiger partial charge >= 0.3 is 0 Å². The topological polar surface area (TPSA) is 20.6 Å². The Bertz CT molecular complexity index is 1240. The maximum atomic E-state index is 15.3. The first-order valence-electron chi connectivity index (χ1n) is 12.3. The van der Waals surface area contributed by atoms with Gasteiger partial charge in [-0.05, 0) is 94.1 Å². The Morgan fingerprint density at radius 3 is 2.61 bits per heavy atom. The van der Waals surface area contributed by atoms with Gasteiger partial charge in [-0.3, -0.25) is 0 Å². The molecule has 5 heteroatoms. The summed E-state index contributed by atoms with van der Waals surface area (Å²) in [5, 5.41) is 1.26. The van der Waals surface area contributed by atoms with Gasteiger partial charge in [-0.15, -0.1) is 0 Å². The minimum absolute atomic E-state index is 0.224. The van der Waals surface area contributed by atoms with Crippen LogP contribution in [-0.4, -0.2) is 49.8 Å². The number of benzene rings is 2. The van der Waals surface area contributed by atoms with Gasteiger partial charge in [-0.1, -0.05) is 6.92 Å². The van der Waals surface area contributed by atoms with Crippen molar-refractivity contribution in [1.82, 2.24) is 9.47 Å². The summed E-state index contributed by atoms with van der Waals surface area (Å²) in [7, 11) is 4.27. The van der Waals surface area contributed by atoms with E-state index in [4.69, 9.17) is 4.74 Å². The fraction of sp³-hybridized carbons (Fsp3) is 0.500. The molecule has 0 amide bonds. The van der Waals surface area contributed by atoms with Crippen molar-refractivity contribution in [2.75, 3.05) is 45.2 Å². The third-order valence-electron chi connectivity index (χ3n) is 7.69. The molecule has 3 aromatic rings. The quantitative estimate of drug-likeness (QED) is 0.503. The van der Waals surface area contributed by atoms with Crippen LogP contribution in [0.5, 0.6) is 5.75 Å². The largest absolute Gasteiger partial charge is 0.490 e. The predicted octanol–water partition coefficient (Wildman–Crippen LogP) is 5.64. The Morgan fingerprint density at radius 1 is 1.09 bits per heavy atom. The molecule has 0 saturated heterocycles. The minimum Gasteiger partial charge on any atom is -0.490 e. The second-order valence-corrected chi connectivity index (χ2v) is 9.96. The van der Waals surface area contributed by atoms with Crippen molar-refractivity contribution in [3.05, 3.63) is 45.9 Å². The summed E-state index contributed by atoms with van der Waals surface area (Å²) in [6.45, 7) is 13.5. The molecule has 33 heavy (non-hydrogen) atoms. The van der Waals surface area contributed by atoms with Gasteiger partial charge in [0.1, 0.15) is 0 Å². The first-order chi connectivity index (χ1) is 15.8. The zero-order valence-electron chi connectivity index (χ0n) is 20.9. The number of aryl methyl sites for hydroxylation is 1. The molecule has 0 aliphatic carbocycles. The standard InChI is InChI=1S/C28H36FN3O/c1-7-20-19(4)26-27-23(15-17(2)32(27)13-12-31(26)11-10-30(5)6)25(20)22-16-24(29)28-21(18(22)3)9-8-14-33-28/h15-16H,7-14H2,1-6H3. The van der Waals surface area contributed by atoms with E-state index in [0.29, 0.717) is 12.4 Å². The lowest BCUT2D eigenvalue weighted by Gasteiger charge is -2.35. The number of halogens is 1. The number of hydrogen-bond donors (Lipinski definition) is 0. The van der Waals surface area contributed by atoms with E-state index in [9.17, 15) is 0 Å². The summed E-state index contributed by atoms with van der Waals surface area (Å²) in [6, 6.07) is 4.06. The molecule has 3 heterocycles. The van der Waals surface area contributed by atoms with Gasteiger partial charge in [0.2, 0.25) is 0 Å². The van der Waals surface area contributed by atoms with Crippen molar-refractivity contribution in [2.24, 2.45) is 0 Å². The van der Waals surface area contributed by atoms with Crippen LogP contribution in [0.3, 0.4) is 0 Å². The molecule has 0 bridgehead atoms. The summed E-state index contributed by atoms with van der Waals surface area (Å²) in [5.74, 6) is 0.243. The minimum atomic E-state index is -0.224. The molecule has 0 unspecified atom stereocenters. The molecule has 5 rings (SSSR count). The Balaban J connectivity index is 1.81. The molecule has 0 N–H and O–H groups in total. The van der Waals surface area contributed by atoms with E-state index in [0.717, 1.165) is 56.6 Å². The van der Waals surface area contributed by atoms with Crippen LogP contribution in [0.2, 0.25) is 0 Å². The predicted molar refractivity (Wildman–Crippen MR) is 136 cm³/mol. The number of likely N-dealkylation sites (N-methyl/N-ethyl adjacent to an activating group) is 1. The van der Waals surface area contributed by atoms with E-state index >= 15 is 4.39 Å². The second kappa shape index (κ2) is 8.35. The smallest absolute Gasteiger partial charge is 0.165 e. The summed E-state index contributed by atoms with van der Waals surface area (Å²) in [4.78, 5) is 4.82. The van der Waals surface area contributed by atoms with Gasteiger partial charge in [0, 0.05) is 42.8 Å². The average molecular weight is 450 g/mol. The van der Waals surface area contributed by atoms with Crippen LogP contribution in [0.4, 0.5) is 10.1 Å². The fourth-order valence-electron chi connectivity index (χ4n) is 6.01. The first-order valence-corrected chi connectivity index (χ1v) is 12.3. The van der Waals surface area contributed by atoms with Gasteiger partial charge in [0.25, 0.3) is 0 Å². The number of hydrogen-bond acceptors (Lipinski definition) is 3. The summed E-state index contributed by atoms with van der Waals surface area (Å²) >= 11 is 0. The Kier molecular flexibility index (Phi) is 5.64. The zero-order valence-corrected chi connectivity index (χ0v) is 20.9. The van der Waals surface area contributed by atoms with Crippen molar-refractivity contribution in [3.63, 3.8) is 0 Å². The lowest BCUT2D eigenvalue weighted by atomic mass is 9.85. The van der Waals surface area contributed by atoms with E-state index in [1.54, 1.807) is 6.07 Å². The Hall–Kier alpha value is -2.53. The maximum absolute atomic E-state index is 15.3. The van der Waals surface area contributed by atoms with Crippen LogP contribution in [0.15, 0.2) is 12.1 Å². The van der Waals surface area contributed by atoms with E-state index in [2.05, 4.69) is 62.2 Å². The number of ether oxygens (including phenoxy) is 1. The fourth-order valence-corrected chi connectivity index (χ4v) is 6.01. The lowest BCUT2D eigenvalue weighted by Crippen LogP contribution is -2.37. The summed E-state index contributed by atoms with van der Waals surface area (Å²) in [6.07, 6.45) is 2.75. The number of rotatable bonds is 5. The molecular weight excluding hydrogens is 413 g/mol. The van der Waals surface area contributed by atoms with E-state index < -0.39 is 0 Å². The van der Waals surface area contributed by atoms with Crippen LogP contribution < -0.4 is 9.64 Å². The third kappa shape index (κ3) is 3.43. The molecule has 0 spiro atoms. The maximum Gasteiger partial charge on any atom is 0.165 e. The van der Waals surface area contributed by atoms with Gasteiger partial charge in [0.15, 0.2) is 11.6 Å². The monoisotopic (exact) mass is 449 g/mol. The van der Waals surface area contributed by atoms with Crippen LogP contribution in [0.1, 0.15) is 41.3 Å². The van der Waals surface area contributed by atoms with Crippen molar-refractivity contribution in [1.29, 1.82) is 0 Å². The first kappa shape index (κ1) is 22.3. The van der Waals surface area contributed by atoms with Gasteiger partial charge in [-0.2, -0.15) is 0 Å². The Morgan fingerprint density at radius 2 is 1.88 bits per heavy atom. The van der Waals surface area contributed by atoms with E-state index in [1.165, 1.54) is 44.5 Å². The summed E-state index contributed by atoms with van der Waals surface area (Å²) < 4.78 is 23.5. The van der Waals surface area contributed by atoms with E-state index in [1.807, 2.05) is 0 Å². The van der Waals surface area contributed by atoms with Gasteiger partial charge < -0.3 is 19.1 Å². The highest BCUT2D eigenvalue weighted by atomic mass is 19.1. The molecule has 2 aliphatic rings. The van der Waals surface area contributed by atoms with Crippen LogP contribution in [-0.2, 0) is 19.4 Å². The Labute approximate surface area is 196 Å². The van der Waals surface area contributed by atoms with Crippen LogP contribution in [0.25, 0.3) is 22.0 Å². The zero-order chi connectivity index (χ0) is 23.4. The molecule has 2 aliphatic heterocycles. The molecule has 176 valence electrons.